The van der Waals surface area contributed by atoms with E-state index in [0.29, 0.717) is 0 Å². The molecule has 0 atom stereocenters. The molecule has 2 aromatic heterocycles. The number of rotatable bonds is 2. The van der Waals surface area contributed by atoms with E-state index in [1.807, 2.05) is 35.1 Å². The van der Waals surface area contributed by atoms with E-state index in [4.69, 9.17) is 0 Å². The Hall–Kier alpha value is -2.94. The van der Waals surface area contributed by atoms with Crippen LogP contribution in [0.5, 0.6) is 0 Å². The first-order chi connectivity index (χ1) is 10.4. The highest BCUT2D eigenvalue weighted by atomic mass is 15.3. The minimum absolute atomic E-state index is 0.831. The molecule has 0 aliphatic carbocycles. The zero-order valence-corrected chi connectivity index (χ0v) is 11.3. The molecule has 2 heterocycles. The van der Waals surface area contributed by atoms with Crippen molar-refractivity contribution in [3.63, 3.8) is 0 Å². The number of nitrogens with zero attached hydrogens (tertiary/aromatic N) is 3. The van der Waals surface area contributed by atoms with Gasteiger partial charge in [-0.1, -0.05) is 48.5 Å². The number of fused-ring (bicyclic) bond motifs is 1. The lowest BCUT2D eigenvalue weighted by Gasteiger charge is -2.05. The average molecular weight is 271 g/mol. The summed E-state index contributed by atoms with van der Waals surface area (Å²) in [6.07, 6.45) is 3.69. The zero-order valence-electron chi connectivity index (χ0n) is 11.3. The van der Waals surface area contributed by atoms with Crippen molar-refractivity contribution in [2.24, 2.45) is 0 Å². The smallest absolute Gasteiger partial charge is 0.153 e. The fourth-order valence-electron chi connectivity index (χ4n) is 2.58. The number of benzene rings is 2. The summed E-state index contributed by atoms with van der Waals surface area (Å²) >= 11 is 0. The molecule has 2 aromatic carbocycles. The second-order valence-corrected chi connectivity index (χ2v) is 4.85. The van der Waals surface area contributed by atoms with E-state index in [-0.39, 0.29) is 0 Å². The van der Waals surface area contributed by atoms with Gasteiger partial charge in [-0.05, 0) is 29.3 Å². The van der Waals surface area contributed by atoms with Crippen molar-refractivity contribution in [1.82, 2.24) is 14.8 Å². The molecule has 0 aliphatic rings. The SMILES string of the molecule is c1ccc(-c2cccc3c2cnn3-c2ccccn2)cc1. The normalized spacial score (nSPS) is 10.9. The molecule has 3 nitrogen and oxygen atoms in total. The van der Waals surface area contributed by atoms with Gasteiger partial charge in [-0.25, -0.2) is 9.67 Å². The number of hydrogen-bond donors (Lipinski definition) is 0. The van der Waals surface area contributed by atoms with Gasteiger partial charge >= 0.3 is 0 Å². The van der Waals surface area contributed by atoms with Crippen LogP contribution in [-0.4, -0.2) is 14.8 Å². The Morgan fingerprint density at radius 1 is 0.762 bits per heavy atom. The molecule has 3 heteroatoms. The molecular formula is C18H13N3. The first kappa shape index (κ1) is 11.9. The van der Waals surface area contributed by atoms with E-state index in [0.717, 1.165) is 16.7 Å². The highest BCUT2D eigenvalue weighted by Crippen LogP contribution is 2.29. The summed E-state index contributed by atoms with van der Waals surface area (Å²) in [5.41, 5.74) is 3.45. The van der Waals surface area contributed by atoms with Crippen LogP contribution in [-0.2, 0) is 0 Å². The van der Waals surface area contributed by atoms with Crippen molar-refractivity contribution in [2.45, 2.75) is 0 Å². The Labute approximate surface area is 122 Å². The van der Waals surface area contributed by atoms with Crippen molar-refractivity contribution in [1.29, 1.82) is 0 Å². The molecule has 0 aliphatic heterocycles. The summed E-state index contributed by atoms with van der Waals surface area (Å²) in [5, 5.41) is 5.64. The summed E-state index contributed by atoms with van der Waals surface area (Å²) in [5.74, 6) is 0.831. The molecule has 0 spiro atoms. The van der Waals surface area contributed by atoms with E-state index in [9.17, 15) is 0 Å². The van der Waals surface area contributed by atoms with Crippen LogP contribution < -0.4 is 0 Å². The van der Waals surface area contributed by atoms with E-state index in [1.54, 1.807) is 6.20 Å². The monoisotopic (exact) mass is 271 g/mol. The van der Waals surface area contributed by atoms with Gasteiger partial charge in [0, 0.05) is 11.6 Å². The second-order valence-electron chi connectivity index (χ2n) is 4.85. The van der Waals surface area contributed by atoms with E-state index < -0.39 is 0 Å². The van der Waals surface area contributed by atoms with Gasteiger partial charge in [-0.15, -0.1) is 0 Å². The Morgan fingerprint density at radius 2 is 1.62 bits per heavy atom. The number of pyridine rings is 1. The molecule has 0 amide bonds. The molecule has 21 heavy (non-hydrogen) atoms. The maximum absolute atomic E-state index is 4.51. The Morgan fingerprint density at radius 3 is 2.43 bits per heavy atom. The van der Waals surface area contributed by atoms with Gasteiger partial charge in [-0.3, -0.25) is 0 Å². The maximum Gasteiger partial charge on any atom is 0.153 e. The predicted molar refractivity (Wildman–Crippen MR) is 84.3 cm³/mol. The Balaban J connectivity index is 1.96. The van der Waals surface area contributed by atoms with Crippen molar-refractivity contribution in [3.8, 4) is 16.9 Å². The minimum atomic E-state index is 0.831. The fourth-order valence-corrected chi connectivity index (χ4v) is 2.58. The molecule has 4 aromatic rings. The van der Waals surface area contributed by atoms with E-state index in [2.05, 4.69) is 52.5 Å². The molecular weight excluding hydrogens is 258 g/mol. The van der Waals surface area contributed by atoms with Crippen LogP contribution in [0.1, 0.15) is 0 Å². The van der Waals surface area contributed by atoms with Gasteiger partial charge < -0.3 is 0 Å². The van der Waals surface area contributed by atoms with Crippen LogP contribution in [0.25, 0.3) is 27.8 Å². The highest BCUT2D eigenvalue weighted by Gasteiger charge is 2.09. The van der Waals surface area contributed by atoms with Crippen LogP contribution >= 0.6 is 0 Å². The highest BCUT2D eigenvalue weighted by molar-refractivity contribution is 5.95. The van der Waals surface area contributed by atoms with Crippen molar-refractivity contribution in [2.75, 3.05) is 0 Å². The summed E-state index contributed by atoms with van der Waals surface area (Å²) in [6, 6.07) is 22.5. The third kappa shape index (κ3) is 1.99. The van der Waals surface area contributed by atoms with Crippen LogP contribution in [0.4, 0.5) is 0 Å². The molecule has 0 unspecified atom stereocenters. The molecule has 100 valence electrons. The van der Waals surface area contributed by atoms with Gasteiger partial charge in [-0.2, -0.15) is 5.10 Å². The van der Waals surface area contributed by atoms with Crippen LogP contribution in [0.15, 0.2) is 79.1 Å². The second kappa shape index (κ2) is 4.87. The maximum atomic E-state index is 4.51. The minimum Gasteiger partial charge on any atom is -0.237 e. The number of hydrogen-bond acceptors (Lipinski definition) is 2. The summed E-state index contributed by atoms with van der Waals surface area (Å²) in [4.78, 5) is 4.37. The Bertz CT molecular complexity index is 880. The molecule has 0 saturated heterocycles. The lowest BCUT2D eigenvalue weighted by molar-refractivity contribution is 0.875. The van der Waals surface area contributed by atoms with Crippen molar-refractivity contribution >= 4 is 10.9 Å². The molecule has 0 saturated carbocycles. The molecule has 0 bridgehead atoms. The van der Waals surface area contributed by atoms with Crippen LogP contribution in [0, 0.1) is 0 Å². The lowest BCUT2D eigenvalue weighted by Crippen LogP contribution is -1.97. The fraction of sp³-hybridized carbons (Fsp3) is 0. The third-order valence-electron chi connectivity index (χ3n) is 3.56. The summed E-state index contributed by atoms with van der Waals surface area (Å²) in [6.45, 7) is 0. The van der Waals surface area contributed by atoms with Crippen LogP contribution in [0.2, 0.25) is 0 Å². The van der Waals surface area contributed by atoms with Gasteiger partial charge in [0.05, 0.1) is 11.7 Å². The van der Waals surface area contributed by atoms with Gasteiger partial charge in [0.25, 0.3) is 0 Å². The molecule has 0 N–H and O–H groups in total. The largest absolute Gasteiger partial charge is 0.237 e. The first-order valence-corrected chi connectivity index (χ1v) is 6.87. The van der Waals surface area contributed by atoms with Gasteiger partial charge in [0.1, 0.15) is 0 Å². The third-order valence-corrected chi connectivity index (χ3v) is 3.56. The van der Waals surface area contributed by atoms with Crippen molar-refractivity contribution < 1.29 is 0 Å². The topological polar surface area (TPSA) is 30.7 Å². The summed E-state index contributed by atoms with van der Waals surface area (Å²) < 4.78 is 1.88. The van der Waals surface area contributed by atoms with Gasteiger partial charge in [0.2, 0.25) is 0 Å². The molecule has 0 radical (unpaired) electrons. The van der Waals surface area contributed by atoms with Crippen molar-refractivity contribution in [3.05, 3.63) is 79.1 Å². The predicted octanol–water partition coefficient (Wildman–Crippen LogP) is 4.09. The zero-order chi connectivity index (χ0) is 14.1. The molecule has 0 fully saturated rings. The Kier molecular flexibility index (Phi) is 2.75. The van der Waals surface area contributed by atoms with E-state index >= 15 is 0 Å². The van der Waals surface area contributed by atoms with Crippen LogP contribution in [0.3, 0.4) is 0 Å². The average Bonchev–Trinajstić information content (AvgIpc) is 3.00. The quantitative estimate of drug-likeness (QED) is 0.550. The standard InChI is InChI=1S/C18H13N3/c1-2-7-14(8-3-1)15-9-6-10-17-16(15)13-20-21(17)18-11-4-5-12-19-18/h1-13H. The van der Waals surface area contributed by atoms with Gasteiger partial charge in [0.15, 0.2) is 5.82 Å². The van der Waals surface area contributed by atoms with E-state index in [1.165, 1.54) is 11.1 Å². The molecule has 4 rings (SSSR count). The lowest BCUT2D eigenvalue weighted by atomic mass is 10.0. The summed E-state index contributed by atoms with van der Waals surface area (Å²) in [7, 11) is 0. The number of aromatic nitrogens is 3. The first-order valence-electron chi connectivity index (χ1n) is 6.87.